The van der Waals surface area contributed by atoms with Crippen molar-refractivity contribution < 1.29 is 13.2 Å². The van der Waals surface area contributed by atoms with Crippen molar-refractivity contribution in [2.24, 2.45) is 0 Å². The third-order valence-electron chi connectivity index (χ3n) is 0.117. The molecule has 0 unspecified atom stereocenters. The number of alkyl halides is 3. The lowest BCUT2D eigenvalue weighted by Crippen LogP contribution is -1.88. The van der Waals surface area contributed by atoms with E-state index in [0.717, 1.165) is 0 Å². The molecular formula is C2H6F3N. The van der Waals surface area contributed by atoms with Crippen LogP contribution in [-0.4, -0.2) is 13.1 Å². The van der Waals surface area contributed by atoms with Crippen molar-refractivity contribution in [2.45, 2.75) is 6.43 Å². The van der Waals surface area contributed by atoms with Crippen LogP contribution in [0.2, 0.25) is 0 Å². The molecule has 0 aliphatic heterocycles. The molecule has 0 heterocycles. The molecule has 0 aliphatic carbocycles. The number of halogens is 3. The quantitative estimate of drug-likeness (QED) is 0.532. The highest BCUT2D eigenvalue weighted by Gasteiger charge is 1.95. The predicted molar refractivity (Wildman–Crippen MR) is 17.0 cm³/mol. The molecule has 0 radical (unpaired) electrons. The summed E-state index contributed by atoms with van der Waals surface area (Å²) >= 11 is 0. The molecule has 4 heteroatoms. The van der Waals surface area contributed by atoms with Crippen molar-refractivity contribution in [3.05, 3.63) is 0 Å². The van der Waals surface area contributed by atoms with Gasteiger partial charge in [-0.2, -0.15) is 0 Å². The largest absolute Gasteiger partial charge is 0.344 e. The summed E-state index contributed by atoms with van der Waals surface area (Å²) in [6, 6.07) is 0. The third kappa shape index (κ3) is 9.26. The highest BCUT2D eigenvalue weighted by molar-refractivity contribution is 4.23. The SMILES string of the molecule is FCC(F)F.N. The average molecular weight is 101 g/mol. The second kappa shape index (κ2) is 4.75. The van der Waals surface area contributed by atoms with E-state index in [2.05, 4.69) is 0 Å². The van der Waals surface area contributed by atoms with E-state index in [1.807, 2.05) is 0 Å². The highest BCUT2D eigenvalue weighted by Crippen LogP contribution is 1.88. The fraction of sp³-hybridized carbons (Fsp3) is 1.00. The van der Waals surface area contributed by atoms with Crippen LogP contribution in [0.3, 0.4) is 0 Å². The van der Waals surface area contributed by atoms with Gasteiger partial charge >= 0.3 is 0 Å². The standard InChI is InChI=1S/C2H3F3.H3N/c3-1-2(4)5;/h2H,1H2;1H3. The molecule has 1 nitrogen and oxygen atoms in total. The van der Waals surface area contributed by atoms with E-state index < -0.39 is 13.1 Å². The molecule has 3 N–H and O–H groups in total. The van der Waals surface area contributed by atoms with Crippen LogP contribution in [0.5, 0.6) is 0 Å². The van der Waals surface area contributed by atoms with Gasteiger partial charge in [0.2, 0.25) is 0 Å². The third-order valence-corrected chi connectivity index (χ3v) is 0.117. The van der Waals surface area contributed by atoms with Gasteiger partial charge in [0.1, 0.15) is 0 Å². The van der Waals surface area contributed by atoms with Crippen molar-refractivity contribution in [3.63, 3.8) is 0 Å². The molecule has 0 spiro atoms. The fourth-order valence-corrected chi connectivity index (χ4v) is 0. The molecule has 40 valence electrons. The van der Waals surface area contributed by atoms with Crippen molar-refractivity contribution in [3.8, 4) is 0 Å². The van der Waals surface area contributed by atoms with E-state index in [0.29, 0.717) is 0 Å². The average Bonchev–Trinajstić information content (AvgIpc) is 1.38. The Morgan fingerprint density at radius 1 is 1.33 bits per heavy atom. The zero-order valence-electron chi connectivity index (χ0n) is 3.13. The molecule has 0 saturated carbocycles. The van der Waals surface area contributed by atoms with Gasteiger partial charge in [0.25, 0.3) is 6.43 Å². The Kier molecular flexibility index (Phi) is 7.30. The van der Waals surface area contributed by atoms with Gasteiger partial charge in [0.15, 0.2) is 6.67 Å². The first-order valence-corrected chi connectivity index (χ1v) is 1.11. The summed E-state index contributed by atoms with van der Waals surface area (Å²) in [5.41, 5.74) is 0. The van der Waals surface area contributed by atoms with E-state index in [-0.39, 0.29) is 6.15 Å². The number of hydrogen-bond acceptors (Lipinski definition) is 1. The molecule has 0 aromatic rings. The fourth-order valence-electron chi connectivity index (χ4n) is 0. The Labute approximate surface area is 33.7 Å². The van der Waals surface area contributed by atoms with Crippen LogP contribution in [0.15, 0.2) is 0 Å². The Morgan fingerprint density at radius 3 is 1.50 bits per heavy atom. The monoisotopic (exact) mass is 101 g/mol. The van der Waals surface area contributed by atoms with Crippen molar-refractivity contribution in [1.29, 1.82) is 0 Å². The van der Waals surface area contributed by atoms with Crippen LogP contribution in [0.1, 0.15) is 0 Å². The number of hydrogen-bond donors (Lipinski definition) is 1. The smallest absolute Gasteiger partial charge is 0.266 e. The van der Waals surface area contributed by atoms with Gasteiger partial charge in [0, 0.05) is 0 Å². The van der Waals surface area contributed by atoms with Gasteiger partial charge in [-0.15, -0.1) is 0 Å². The van der Waals surface area contributed by atoms with Crippen LogP contribution in [-0.2, 0) is 0 Å². The van der Waals surface area contributed by atoms with E-state index in [4.69, 9.17) is 0 Å². The summed E-state index contributed by atoms with van der Waals surface area (Å²) in [6.07, 6.45) is -2.78. The molecule has 0 rings (SSSR count). The lowest BCUT2D eigenvalue weighted by atomic mass is 10.8. The molecule has 0 amide bonds. The van der Waals surface area contributed by atoms with Crippen LogP contribution >= 0.6 is 0 Å². The Hall–Kier alpha value is -0.250. The van der Waals surface area contributed by atoms with Gasteiger partial charge in [-0.05, 0) is 0 Å². The lowest BCUT2D eigenvalue weighted by Gasteiger charge is -1.78. The summed E-state index contributed by atoms with van der Waals surface area (Å²) in [4.78, 5) is 0. The Bertz CT molecular complexity index is 22.8. The normalized spacial score (nSPS) is 8.00. The maximum atomic E-state index is 10.4. The second-order valence-electron chi connectivity index (χ2n) is 0.545. The summed E-state index contributed by atoms with van der Waals surface area (Å²) < 4.78 is 31.1. The minimum absolute atomic E-state index is 0. The van der Waals surface area contributed by atoms with E-state index in [1.165, 1.54) is 0 Å². The first kappa shape index (κ1) is 9.23. The van der Waals surface area contributed by atoms with Crippen LogP contribution in [0.4, 0.5) is 13.2 Å². The summed E-state index contributed by atoms with van der Waals surface area (Å²) in [5.74, 6) is 0. The maximum Gasteiger partial charge on any atom is 0.266 e. The summed E-state index contributed by atoms with van der Waals surface area (Å²) in [6.45, 7) is -1.53. The van der Waals surface area contributed by atoms with E-state index in [1.54, 1.807) is 0 Å². The molecule has 0 bridgehead atoms. The predicted octanol–water partition coefficient (Wildman–Crippen LogP) is 1.38. The topological polar surface area (TPSA) is 35.0 Å². The molecular weight excluding hydrogens is 95.0 g/mol. The van der Waals surface area contributed by atoms with Crippen molar-refractivity contribution in [2.75, 3.05) is 6.67 Å². The lowest BCUT2D eigenvalue weighted by molar-refractivity contribution is 0.113. The molecule has 6 heavy (non-hydrogen) atoms. The van der Waals surface area contributed by atoms with Gasteiger partial charge in [0.05, 0.1) is 0 Å². The highest BCUT2D eigenvalue weighted by atomic mass is 19.3. The first-order chi connectivity index (χ1) is 2.27. The van der Waals surface area contributed by atoms with Gasteiger partial charge in [-0.25, -0.2) is 13.2 Å². The zero-order chi connectivity index (χ0) is 4.28. The molecule has 0 fully saturated rings. The summed E-state index contributed by atoms with van der Waals surface area (Å²) in [7, 11) is 0. The van der Waals surface area contributed by atoms with E-state index >= 15 is 0 Å². The molecule has 0 atom stereocenters. The van der Waals surface area contributed by atoms with Crippen molar-refractivity contribution >= 4 is 0 Å². The molecule has 0 aliphatic rings. The minimum atomic E-state index is -2.78. The molecule has 0 aromatic heterocycles. The van der Waals surface area contributed by atoms with Crippen LogP contribution in [0, 0.1) is 0 Å². The van der Waals surface area contributed by atoms with Gasteiger partial charge < -0.3 is 6.15 Å². The van der Waals surface area contributed by atoms with Gasteiger partial charge in [-0.3, -0.25) is 0 Å². The molecule has 0 aromatic carbocycles. The zero-order valence-corrected chi connectivity index (χ0v) is 3.13. The minimum Gasteiger partial charge on any atom is -0.344 e. The van der Waals surface area contributed by atoms with Crippen LogP contribution in [0.25, 0.3) is 0 Å². The molecule has 0 saturated heterocycles. The Morgan fingerprint density at radius 2 is 1.50 bits per heavy atom. The van der Waals surface area contributed by atoms with E-state index in [9.17, 15) is 13.2 Å². The van der Waals surface area contributed by atoms with Gasteiger partial charge in [-0.1, -0.05) is 0 Å². The van der Waals surface area contributed by atoms with Crippen LogP contribution < -0.4 is 6.15 Å². The summed E-state index contributed by atoms with van der Waals surface area (Å²) in [5, 5.41) is 0. The second-order valence-corrected chi connectivity index (χ2v) is 0.545. The van der Waals surface area contributed by atoms with Crippen molar-refractivity contribution in [1.82, 2.24) is 6.15 Å². The Balaban J connectivity index is 0. The first-order valence-electron chi connectivity index (χ1n) is 1.11. The maximum absolute atomic E-state index is 10.4. The number of rotatable bonds is 1.